The number of carbonyl (C=O) groups is 2. The molecule has 0 spiro atoms. The van der Waals surface area contributed by atoms with Crippen molar-refractivity contribution in [2.24, 2.45) is 5.92 Å². The Labute approximate surface area is 163 Å². The van der Waals surface area contributed by atoms with Crippen molar-refractivity contribution < 1.29 is 23.5 Å². The molecule has 0 radical (unpaired) electrons. The van der Waals surface area contributed by atoms with Crippen LogP contribution in [0.5, 0.6) is 5.75 Å². The molecule has 1 aliphatic rings. The molecule has 0 aromatic heterocycles. The largest absolute Gasteiger partial charge is 0.497 e. The average Bonchev–Trinajstić information content (AvgIpc) is 2.71. The number of rotatable bonds is 8. The number of nitrogens with one attached hydrogen (secondary N) is 1. The Morgan fingerprint density at radius 3 is 2.50 bits per heavy atom. The molecular formula is C22H24FNO4. The van der Waals surface area contributed by atoms with Gasteiger partial charge in [-0.15, -0.1) is 0 Å². The van der Waals surface area contributed by atoms with Crippen molar-refractivity contribution in [1.82, 2.24) is 5.32 Å². The first-order valence-electron chi connectivity index (χ1n) is 9.32. The Hall–Kier alpha value is -2.73. The lowest BCUT2D eigenvalue weighted by molar-refractivity contribution is -0.137. The average molecular weight is 385 g/mol. The van der Waals surface area contributed by atoms with E-state index in [0.29, 0.717) is 32.4 Å². The molecule has 3 atom stereocenters. The molecule has 2 aromatic rings. The highest BCUT2D eigenvalue weighted by Crippen LogP contribution is 2.27. The Kier molecular flexibility index (Phi) is 6.76. The number of methoxy groups -OCH3 is 1. The maximum absolute atomic E-state index is 13.2. The predicted octanol–water partition coefficient (Wildman–Crippen LogP) is 2.88. The summed E-state index contributed by atoms with van der Waals surface area (Å²) in [6, 6.07) is 13.6. The van der Waals surface area contributed by atoms with Gasteiger partial charge in [0.25, 0.3) is 6.47 Å². The number of halogens is 1. The molecule has 0 amide bonds. The summed E-state index contributed by atoms with van der Waals surface area (Å²) in [6.07, 6.45) is 0.566. The number of carbonyl (C=O) groups excluding carboxylic acids is 2. The van der Waals surface area contributed by atoms with Gasteiger partial charge in [0.15, 0.2) is 0 Å². The minimum atomic E-state index is -0.395. The lowest BCUT2D eigenvalue weighted by Crippen LogP contribution is -2.44. The molecule has 1 heterocycles. The molecule has 0 bridgehead atoms. The summed E-state index contributed by atoms with van der Waals surface area (Å²) in [5, 5.41) is 3.28. The van der Waals surface area contributed by atoms with Crippen molar-refractivity contribution >= 4 is 12.3 Å². The zero-order valence-corrected chi connectivity index (χ0v) is 15.8. The van der Waals surface area contributed by atoms with E-state index in [-0.39, 0.29) is 23.4 Å². The van der Waals surface area contributed by atoms with Gasteiger partial charge in [-0.05, 0) is 41.8 Å². The van der Waals surface area contributed by atoms with Gasteiger partial charge in [-0.25, -0.2) is 4.39 Å². The van der Waals surface area contributed by atoms with Gasteiger partial charge in [0.1, 0.15) is 23.5 Å². The SMILES string of the molecule is COc1ccc(CC(CC2CNCC(c3ccc(F)cc3)C2=O)OC=O)cc1. The van der Waals surface area contributed by atoms with Crippen LogP contribution < -0.4 is 10.1 Å². The molecule has 5 nitrogen and oxygen atoms in total. The molecule has 1 aliphatic heterocycles. The molecule has 1 N–H and O–H groups in total. The van der Waals surface area contributed by atoms with Gasteiger partial charge < -0.3 is 14.8 Å². The van der Waals surface area contributed by atoms with Crippen LogP contribution >= 0.6 is 0 Å². The van der Waals surface area contributed by atoms with E-state index in [1.165, 1.54) is 12.1 Å². The van der Waals surface area contributed by atoms with Crippen LogP contribution in [0.15, 0.2) is 48.5 Å². The smallest absolute Gasteiger partial charge is 0.293 e. The molecule has 0 saturated carbocycles. The highest BCUT2D eigenvalue weighted by Gasteiger charge is 2.34. The quantitative estimate of drug-likeness (QED) is 0.708. The fourth-order valence-electron chi connectivity index (χ4n) is 3.67. The van der Waals surface area contributed by atoms with E-state index >= 15 is 0 Å². The molecule has 2 aromatic carbocycles. The van der Waals surface area contributed by atoms with Gasteiger partial charge in [0.2, 0.25) is 0 Å². The summed E-state index contributed by atoms with van der Waals surface area (Å²) in [5.41, 5.74) is 1.80. The molecule has 1 fully saturated rings. The summed E-state index contributed by atoms with van der Waals surface area (Å²) in [4.78, 5) is 24.0. The molecule has 3 rings (SSSR count). The van der Waals surface area contributed by atoms with Crippen molar-refractivity contribution in [3.05, 3.63) is 65.5 Å². The number of ether oxygens (including phenoxy) is 2. The van der Waals surface area contributed by atoms with E-state index < -0.39 is 6.10 Å². The Bertz CT molecular complexity index is 791. The molecule has 3 unspecified atom stereocenters. The normalized spacial score (nSPS) is 20.4. The van der Waals surface area contributed by atoms with Gasteiger partial charge >= 0.3 is 0 Å². The van der Waals surface area contributed by atoms with Crippen molar-refractivity contribution in [3.8, 4) is 5.75 Å². The van der Waals surface area contributed by atoms with E-state index in [9.17, 15) is 14.0 Å². The summed E-state index contributed by atoms with van der Waals surface area (Å²) in [7, 11) is 1.60. The zero-order valence-electron chi connectivity index (χ0n) is 15.8. The first kappa shape index (κ1) is 20.0. The fraction of sp³-hybridized carbons (Fsp3) is 0.364. The number of Topliss-reactive ketones (excluding diaryl/α,β-unsaturated/α-hetero) is 1. The van der Waals surface area contributed by atoms with Crippen LogP contribution in [0.1, 0.15) is 23.5 Å². The van der Waals surface area contributed by atoms with Crippen LogP contribution in [0.4, 0.5) is 4.39 Å². The number of hydrogen-bond acceptors (Lipinski definition) is 5. The van der Waals surface area contributed by atoms with Crippen LogP contribution in [0.3, 0.4) is 0 Å². The van der Waals surface area contributed by atoms with Gasteiger partial charge in [-0.3, -0.25) is 9.59 Å². The Balaban J connectivity index is 1.68. The standard InChI is InChI=1S/C22H24FNO4/c1-27-19-8-2-15(3-9-19)10-20(28-14-25)11-17-12-24-13-21(22(17)26)16-4-6-18(23)7-5-16/h2-9,14,17,20-21,24H,10-13H2,1H3. The third-order valence-corrected chi connectivity index (χ3v) is 5.18. The molecular weight excluding hydrogens is 361 g/mol. The molecule has 148 valence electrons. The predicted molar refractivity (Wildman–Crippen MR) is 103 cm³/mol. The zero-order chi connectivity index (χ0) is 19.9. The molecule has 28 heavy (non-hydrogen) atoms. The van der Waals surface area contributed by atoms with E-state index in [1.54, 1.807) is 19.2 Å². The monoisotopic (exact) mass is 385 g/mol. The maximum Gasteiger partial charge on any atom is 0.293 e. The summed E-state index contributed by atoms with van der Waals surface area (Å²) in [5.74, 6) is -0.0651. The second-order valence-electron chi connectivity index (χ2n) is 7.00. The topological polar surface area (TPSA) is 64.6 Å². The van der Waals surface area contributed by atoms with Crippen LogP contribution in [0, 0.1) is 11.7 Å². The van der Waals surface area contributed by atoms with Crippen LogP contribution in [0.25, 0.3) is 0 Å². The van der Waals surface area contributed by atoms with Gasteiger partial charge in [0, 0.05) is 25.4 Å². The van der Waals surface area contributed by atoms with Crippen molar-refractivity contribution in [1.29, 1.82) is 0 Å². The highest BCUT2D eigenvalue weighted by molar-refractivity contribution is 5.89. The number of hydrogen-bond donors (Lipinski definition) is 1. The van der Waals surface area contributed by atoms with E-state index in [0.717, 1.165) is 16.9 Å². The minimum absolute atomic E-state index is 0.0968. The van der Waals surface area contributed by atoms with E-state index in [2.05, 4.69) is 5.32 Å². The van der Waals surface area contributed by atoms with Gasteiger partial charge in [-0.2, -0.15) is 0 Å². The first-order valence-corrected chi connectivity index (χ1v) is 9.32. The fourth-order valence-corrected chi connectivity index (χ4v) is 3.67. The maximum atomic E-state index is 13.2. The summed E-state index contributed by atoms with van der Waals surface area (Å²) >= 11 is 0. The van der Waals surface area contributed by atoms with E-state index in [1.807, 2.05) is 24.3 Å². The first-order chi connectivity index (χ1) is 13.6. The molecule has 1 saturated heterocycles. The lowest BCUT2D eigenvalue weighted by atomic mass is 9.81. The second-order valence-corrected chi connectivity index (χ2v) is 7.00. The van der Waals surface area contributed by atoms with Crippen LogP contribution in [-0.4, -0.2) is 38.6 Å². The Morgan fingerprint density at radius 1 is 1.14 bits per heavy atom. The Morgan fingerprint density at radius 2 is 1.86 bits per heavy atom. The van der Waals surface area contributed by atoms with Crippen molar-refractivity contribution in [2.75, 3.05) is 20.2 Å². The van der Waals surface area contributed by atoms with Crippen molar-refractivity contribution in [2.45, 2.75) is 24.9 Å². The lowest BCUT2D eigenvalue weighted by Gasteiger charge is -2.31. The van der Waals surface area contributed by atoms with E-state index in [4.69, 9.17) is 9.47 Å². The minimum Gasteiger partial charge on any atom is -0.497 e. The number of benzene rings is 2. The summed E-state index contributed by atoms with van der Waals surface area (Å²) in [6.45, 7) is 1.50. The number of piperidine rings is 1. The number of ketones is 1. The van der Waals surface area contributed by atoms with Gasteiger partial charge in [0.05, 0.1) is 13.0 Å². The van der Waals surface area contributed by atoms with Crippen molar-refractivity contribution in [3.63, 3.8) is 0 Å². The van der Waals surface area contributed by atoms with Crippen LogP contribution in [0.2, 0.25) is 0 Å². The second kappa shape index (κ2) is 9.46. The van der Waals surface area contributed by atoms with Gasteiger partial charge in [-0.1, -0.05) is 24.3 Å². The third-order valence-electron chi connectivity index (χ3n) is 5.18. The molecule has 6 heteroatoms. The highest BCUT2D eigenvalue weighted by atomic mass is 19.1. The van der Waals surface area contributed by atoms with Crippen LogP contribution in [-0.2, 0) is 20.7 Å². The third kappa shape index (κ3) is 4.95. The summed E-state index contributed by atoms with van der Waals surface area (Å²) < 4.78 is 23.6. The molecule has 0 aliphatic carbocycles.